The number of rotatable bonds is 5. The smallest absolute Gasteiger partial charge is 0.433 e. The third kappa shape index (κ3) is 5.00. The molecular formula is C28H19ClF3N5O3S. The van der Waals surface area contributed by atoms with Crippen molar-refractivity contribution in [1.29, 1.82) is 0 Å². The van der Waals surface area contributed by atoms with Crippen molar-refractivity contribution in [2.24, 2.45) is 5.10 Å². The van der Waals surface area contributed by atoms with Crippen LogP contribution in [0, 0.1) is 0 Å². The first-order valence-electron chi connectivity index (χ1n) is 12.2. The Balaban J connectivity index is 1.46. The van der Waals surface area contributed by atoms with Crippen LogP contribution in [0.25, 0.3) is 16.2 Å². The molecule has 1 amide bonds. The van der Waals surface area contributed by atoms with Gasteiger partial charge in [-0.25, -0.2) is 14.5 Å². The van der Waals surface area contributed by atoms with Crippen molar-refractivity contribution >= 4 is 40.2 Å². The summed E-state index contributed by atoms with van der Waals surface area (Å²) in [5.41, 5.74) is 0.138. The predicted molar refractivity (Wildman–Crippen MR) is 147 cm³/mol. The van der Waals surface area contributed by atoms with Crippen molar-refractivity contribution in [3.63, 3.8) is 0 Å². The van der Waals surface area contributed by atoms with E-state index >= 15 is 0 Å². The maximum absolute atomic E-state index is 14.1. The number of methoxy groups -OCH3 is 1. The summed E-state index contributed by atoms with van der Waals surface area (Å²) in [5.74, 6) is -0.216. The number of aromatic hydroxyl groups is 1. The lowest BCUT2D eigenvalue weighted by atomic mass is 9.97. The second kappa shape index (κ2) is 10.2. The summed E-state index contributed by atoms with van der Waals surface area (Å²) >= 11 is 7.07. The van der Waals surface area contributed by atoms with E-state index in [1.165, 1.54) is 19.2 Å². The van der Waals surface area contributed by atoms with E-state index in [4.69, 9.17) is 16.3 Å². The molecule has 6 rings (SSSR count). The van der Waals surface area contributed by atoms with Gasteiger partial charge in [-0.2, -0.15) is 23.4 Å². The van der Waals surface area contributed by atoms with Gasteiger partial charge in [-0.3, -0.25) is 4.79 Å². The number of hydrogen-bond acceptors (Lipinski definition) is 7. The summed E-state index contributed by atoms with van der Waals surface area (Å²) in [6.07, 6.45) is -4.55. The number of halogens is 4. The number of nitrogens with zero attached hydrogens (tertiary/aromatic N) is 5. The molecule has 8 nitrogen and oxygen atoms in total. The van der Waals surface area contributed by atoms with Crippen molar-refractivity contribution in [3.05, 3.63) is 99.6 Å². The van der Waals surface area contributed by atoms with E-state index < -0.39 is 23.8 Å². The highest BCUT2D eigenvalue weighted by Gasteiger charge is 2.38. The number of phenolic OH excluding ortho intramolecular Hbond substituents is 1. The molecule has 0 saturated carbocycles. The largest absolute Gasteiger partial charge is 0.508 e. The zero-order valence-electron chi connectivity index (χ0n) is 21.1. The molecule has 13 heteroatoms. The van der Waals surface area contributed by atoms with Crippen LogP contribution in [0.4, 0.5) is 13.2 Å². The number of para-hydroxylation sites is 1. The highest BCUT2D eigenvalue weighted by Crippen LogP contribution is 2.39. The van der Waals surface area contributed by atoms with E-state index in [-0.39, 0.29) is 29.2 Å². The Kier molecular flexibility index (Phi) is 6.66. The van der Waals surface area contributed by atoms with Crippen LogP contribution in [0.2, 0.25) is 4.34 Å². The van der Waals surface area contributed by atoms with Gasteiger partial charge in [-0.1, -0.05) is 41.9 Å². The van der Waals surface area contributed by atoms with Gasteiger partial charge in [0.05, 0.1) is 33.8 Å². The molecule has 1 N–H and O–H groups in total. The SMILES string of the molecule is COc1cccc(C2=NN(C(=O)c3cc4nc(-c5ccc(Cl)s5)cc(C(F)(F)F)n4n3)[C@H](c3ccccc3O)C2)c1. The molecule has 4 heterocycles. The van der Waals surface area contributed by atoms with Gasteiger partial charge in [0.1, 0.15) is 11.5 Å². The van der Waals surface area contributed by atoms with Crippen LogP contribution in [0.3, 0.4) is 0 Å². The lowest BCUT2D eigenvalue weighted by Gasteiger charge is -2.21. The quantitative estimate of drug-likeness (QED) is 0.240. The molecule has 1 aliphatic rings. The van der Waals surface area contributed by atoms with Crippen LogP contribution in [0.15, 0.2) is 77.9 Å². The number of aromatic nitrogens is 3. The van der Waals surface area contributed by atoms with Gasteiger partial charge in [0.2, 0.25) is 0 Å². The third-order valence-corrected chi connectivity index (χ3v) is 7.83. The molecule has 0 spiro atoms. The van der Waals surface area contributed by atoms with Gasteiger partial charge in [0, 0.05) is 23.6 Å². The molecule has 1 atom stereocenters. The maximum atomic E-state index is 14.1. The van der Waals surface area contributed by atoms with Crippen LogP contribution < -0.4 is 4.74 Å². The first kappa shape index (κ1) is 26.8. The van der Waals surface area contributed by atoms with Crippen molar-refractivity contribution in [3.8, 4) is 22.1 Å². The number of benzene rings is 2. The molecule has 41 heavy (non-hydrogen) atoms. The summed E-state index contributed by atoms with van der Waals surface area (Å²) in [6.45, 7) is 0. The normalized spacial score (nSPS) is 15.4. The average Bonchev–Trinajstić information content (AvgIpc) is 3.70. The first-order valence-corrected chi connectivity index (χ1v) is 13.4. The topological polar surface area (TPSA) is 92.3 Å². The molecule has 5 aromatic rings. The first-order chi connectivity index (χ1) is 19.6. The number of fused-ring (bicyclic) bond motifs is 1. The van der Waals surface area contributed by atoms with Crippen LogP contribution in [-0.4, -0.2) is 43.4 Å². The van der Waals surface area contributed by atoms with Gasteiger partial charge in [-0.15, -0.1) is 11.3 Å². The Labute approximate surface area is 239 Å². The van der Waals surface area contributed by atoms with E-state index in [0.717, 1.165) is 22.4 Å². The van der Waals surface area contributed by atoms with Gasteiger partial charge in [0.25, 0.3) is 5.91 Å². The number of amides is 1. The average molecular weight is 598 g/mol. The van der Waals surface area contributed by atoms with Crippen LogP contribution in [0.1, 0.15) is 39.8 Å². The Morgan fingerprint density at radius 2 is 1.90 bits per heavy atom. The molecule has 2 aromatic carbocycles. The minimum atomic E-state index is -4.78. The Bertz CT molecular complexity index is 1830. The van der Waals surface area contributed by atoms with Crippen molar-refractivity contribution in [2.45, 2.75) is 18.6 Å². The number of hydrogen-bond donors (Lipinski definition) is 1. The highest BCUT2D eigenvalue weighted by molar-refractivity contribution is 7.19. The molecule has 3 aromatic heterocycles. The fourth-order valence-electron chi connectivity index (χ4n) is 4.66. The van der Waals surface area contributed by atoms with Crippen LogP contribution in [0.5, 0.6) is 11.5 Å². The lowest BCUT2D eigenvalue weighted by Crippen LogP contribution is -2.27. The van der Waals surface area contributed by atoms with Gasteiger partial charge in [0.15, 0.2) is 17.0 Å². The monoisotopic (exact) mass is 597 g/mol. The minimum absolute atomic E-state index is 0.0483. The molecule has 0 bridgehead atoms. The zero-order valence-corrected chi connectivity index (χ0v) is 22.7. The molecule has 0 aliphatic carbocycles. The van der Waals surface area contributed by atoms with E-state index in [0.29, 0.717) is 36.3 Å². The third-order valence-electron chi connectivity index (χ3n) is 6.58. The Morgan fingerprint density at radius 1 is 1.10 bits per heavy atom. The van der Waals surface area contributed by atoms with Gasteiger partial charge in [-0.05, 0) is 36.4 Å². The van der Waals surface area contributed by atoms with Gasteiger partial charge < -0.3 is 9.84 Å². The predicted octanol–water partition coefficient (Wildman–Crippen LogP) is 6.84. The Morgan fingerprint density at radius 3 is 2.61 bits per heavy atom. The second-order valence-corrected chi connectivity index (χ2v) is 10.8. The number of carbonyl (C=O) groups is 1. The Hall–Kier alpha value is -4.42. The fraction of sp³-hybridized carbons (Fsp3) is 0.143. The van der Waals surface area contributed by atoms with Crippen molar-refractivity contribution < 1.29 is 27.8 Å². The molecule has 0 radical (unpaired) electrons. The second-order valence-electron chi connectivity index (χ2n) is 9.13. The van der Waals surface area contributed by atoms with Crippen molar-refractivity contribution in [1.82, 2.24) is 19.6 Å². The number of carbonyl (C=O) groups excluding carboxylic acids is 1. The van der Waals surface area contributed by atoms with Crippen LogP contribution in [-0.2, 0) is 6.18 Å². The molecule has 1 aliphatic heterocycles. The fourth-order valence-corrected chi connectivity index (χ4v) is 5.67. The lowest BCUT2D eigenvalue weighted by molar-refractivity contribution is -0.142. The highest BCUT2D eigenvalue weighted by atomic mass is 35.5. The molecule has 0 unspecified atom stereocenters. The molecule has 0 fully saturated rings. The zero-order chi connectivity index (χ0) is 28.9. The van der Waals surface area contributed by atoms with E-state index in [2.05, 4.69) is 15.2 Å². The van der Waals surface area contributed by atoms with E-state index in [9.17, 15) is 23.1 Å². The van der Waals surface area contributed by atoms with E-state index in [1.807, 2.05) is 0 Å². The summed E-state index contributed by atoms with van der Waals surface area (Å²) in [4.78, 5) is 18.6. The summed E-state index contributed by atoms with van der Waals surface area (Å²) in [6, 6.07) is 18.1. The molecule has 208 valence electrons. The van der Waals surface area contributed by atoms with Crippen molar-refractivity contribution in [2.75, 3.05) is 7.11 Å². The summed E-state index contributed by atoms with van der Waals surface area (Å²) in [5, 5.41) is 20.3. The standard InChI is InChI=1S/C28H19ClF3N5O3S/c1-40-16-6-4-5-15(11-16)18-12-21(17-7-2-3-8-22(17)38)36(34-18)27(39)20-14-26-33-19(23-9-10-25(29)41-23)13-24(28(30,31)32)37(26)35-20/h2-11,13-14,21,38H,12H2,1H3/t21-/m0/s1. The number of thiophene rings is 1. The number of phenols is 1. The molecule has 0 saturated heterocycles. The summed E-state index contributed by atoms with van der Waals surface area (Å²) in [7, 11) is 1.53. The number of alkyl halides is 3. The van der Waals surface area contributed by atoms with E-state index in [1.54, 1.807) is 54.6 Å². The molecular weight excluding hydrogens is 579 g/mol. The van der Waals surface area contributed by atoms with Crippen LogP contribution >= 0.6 is 22.9 Å². The minimum Gasteiger partial charge on any atom is -0.508 e. The summed E-state index contributed by atoms with van der Waals surface area (Å²) < 4.78 is 48.6. The maximum Gasteiger partial charge on any atom is 0.433 e. The number of hydrazone groups is 1. The number of ether oxygens (including phenoxy) is 1. The van der Waals surface area contributed by atoms with Gasteiger partial charge >= 0.3 is 6.18 Å².